The number of nitrogens with zero attached hydrogens (tertiary/aromatic N) is 4. The third kappa shape index (κ3) is 13.5. The smallest absolute Gasteiger partial charge is 0.319 e. The van der Waals surface area contributed by atoms with Crippen molar-refractivity contribution >= 4 is 72.1 Å². The Kier molecular flexibility index (Phi) is 23.6. The molecule has 0 atom stereocenters. The van der Waals surface area contributed by atoms with Crippen LogP contribution in [0.5, 0.6) is 0 Å². The first-order valence-corrected chi connectivity index (χ1v) is 17.3. The minimum absolute atomic E-state index is 0. The van der Waals surface area contributed by atoms with Gasteiger partial charge in [0.15, 0.2) is 12.1 Å². The van der Waals surface area contributed by atoms with Crippen molar-refractivity contribution in [3.05, 3.63) is 41.5 Å². The molecule has 0 aromatic carbocycles. The first-order valence-electron chi connectivity index (χ1n) is 11.0. The number of rotatable bonds is 5. The fourth-order valence-corrected chi connectivity index (χ4v) is 2.97. The van der Waals surface area contributed by atoms with E-state index in [2.05, 4.69) is 74.2 Å². The molecule has 0 aliphatic heterocycles. The minimum atomic E-state index is -0.174. The molecule has 3 heterocycles. The lowest BCUT2D eigenvalue weighted by Gasteiger charge is -2.02. The maximum Gasteiger partial charge on any atom is 0.319 e. The summed E-state index contributed by atoms with van der Waals surface area (Å²) < 4.78 is 3.88. The number of carbonyl (C=O) groups excluding carboxylic acids is 4. The number of H-pyrrole nitrogens is 1. The lowest BCUT2D eigenvalue weighted by Crippen LogP contribution is -3.00. The number of carbonyl (C=O) groups is 4. The van der Waals surface area contributed by atoms with Crippen LogP contribution in [-0.4, -0.2) is 76.1 Å². The van der Waals surface area contributed by atoms with Crippen LogP contribution >= 0.6 is 37.2 Å². The van der Waals surface area contributed by atoms with Crippen LogP contribution in [-0.2, 0) is 16.6 Å². The average Bonchev–Trinajstić information content (AvgIpc) is 3.57. The third-order valence-electron chi connectivity index (χ3n) is 4.66. The highest BCUT2D eigenvalue weighted by atomic mass is 128. The molecule has 0 saturated carbocycles. The fraction of sp³-hybridized carbons (Fsp3) is 0.435. The SMILES string of the molecule is CC(=O)CC(C)=O.CNC(=O)c1[nH]cnc1NC.CNC(=O)c1ncn2c(C)cc(C)[n+](C)c12.CO.II.[Cl-]. The monoisotopic (exact) mass is 794 g/mol. The van der Waals surface area contributed by atoms with Crippen LogP contribution in [0.4, 0.5) is 5.82 Å². The predicted octanol–water partition coefficient (Wildman–Crippen LogP) is -1.12. The second kappa shape index (κ2) is 22.4. The number of aryl methyl sites for hydroxylation is 3. The summed E-state index contributed by atoms with van der Waals surface area (Å²) in [6.07, 6.45) is 3.23. The van der Waals surface area contributed by atoms with Crippen LogP contribution in [0.1, 0.15) is 52.6 Å². The fourth-order valence-electron chi connectivity index (χ4n) is 2.97. The van der Waals surface area contributed by atoms with Gasteiger partial charge in [0.1, 0.15) is 28.6 Å². The highest BCUT2D eigenvalue weighted by molar-refractivity contribution is 15.0. The van der Waals surface area contributed by atoms with Gasteiger partial charge in [-0.1, -0.05) is 0 Å². The van der Waals surface area contributed by atoms with E-state index in [1.807, 2.05) is 29.9 Å². The van der Waals surface area contributed by atoms with Gasteiger partial charge in [0, 0.05) is 71.6 Å². The first-order chi connectivity index (χ1) is 18.0. The zero-order valence-electron chi connectivity index (χ0n) is 23.4. The zero-order chi connectivity index (χ0) is 30.0. The molecule has 13 nitrogen and oxygen atoms in total. The van der Waals surface area contributed by atoms with E-state index < -0.39 is 0 Å². The van der Waals surface area contributed by atoms with E-state index in [0.717, 1.165) is 24.1 Å². The maximum absolute atomic E-state index is 11.7. The van der Waals surface area contributed by atoms with Crippen molar-refractivity contribution < 1.29 is 41.3 Å². The number of aromatic amines is 1. The Morgan fingerprint density at radius 2 is 1.51 bits per heavy atom. The summed E-state index contributed by atoms with van der Waals surface area (Å²) in [4.78, 5) is 53.5. The molecule has 0 unspecified atom stereocenters. The van der Waals surface area contributed by atoms with Gasteiger partial charge in [0.2, 0.25) is 5.69 Å². The molecular weight excluding hydrogens is 758 g/mol. The second-order valence-corrected chi connectivity index (χ2v) is 7.39. The average molecular weight is 795 g/mol. The van der Waals surface area contributed by atoms with Crippen molar-refractivity contribution in [2.24, 2.45) is 7.05 Å². The highest BCUT2D eigenvalue weighted by Crippen LogP contribution is 2.09. The Hall–Kier alpha value is -2.38. The number of amides is 2. The standard InChI is InChI=1S/C11H14N4O.C6H10N4O.C5H8O2.CH4O.ClH.I2/c1-7-5-8(2)15-6-13-9(10(16)12-3)11(15)14(7)4;1-7-5-4(6(11)8-2)9-3-10-5;1-4(6)3-5(2)7;1-2;;1-2/h5-6H,1-4H3;3,7H,1-2H3,(H,8,11)(H,9,10);3H2,1-2H3;2H,1H3;1H;. The zero-order valence-corrected chi connectivity index (χ0v) is 28.5. The molecule has 0 fully saturated rings. The molecule has 2 amide bonds. The van der Waals surface area contributed by atoms with Crippen molar-refractivity contribution in [3.8, 4) is 0 Å². The van der Waals surface area contributed by atoms with Gasteiger partial charge in [-0.15, -0.1) is 0 Å². The third-order valence-corrected chi connectivity index (χ3v) is 4.66. The van der Waals surface area contributed by atoms with Crippen LogP contribution in [0.3, 0.4) is 0 Å². The van der Waals surface area contributed by atoms with Gasteiger partial charge >= 0.3 is 5.65 Å². The number of Topliss-reactive ketones (excluding diaryl/α,β-unsaturated/α-hetero) is 2. The van der Waals surface area contributed by atoms with Crippen molar-refractivity contribution in [2.45, 2.75) is 34.1 Å². The summed E-state index contributed by atoms with van der Waals surface area (Å²) in [7, 11) is 7.82. The van der Waals surface area contributed by atoms with Crippen molar-refractivity contribution in [1.29, 1.82) is 0 Å². The van der Waals surface area contributed by atoms with Gasteiger partial charge in [0.25, 0.3) is 11.8 Å². The summed E-state index contributed by atoms with van der Waals surface area (Å²) in [5.41, 5.74) is 3.88. The molecule has 3 aromatic heterocycles. The molecule has 0 radical (unpaired) electrons. The molecule has 0 aliphatic rings. The van der Waals surface area contributed by atoms with Crippen LogP contribution in [0.15, 0.2) is 18.7 Å². The Morgan fingerprint density at radius 1 is 1.00 bits per heavy atom. The number of ketones is 2. The van der Waals surface area contributed by atoms with Gasteiger partial charge in [-0.3, -0.25) is 19.2 Å². The number of fused-ring (bicyclic) bond motifs is 1. The van der Waals surface area contributed by atoms with E-state index in [1.165, 1.54) is 20.2 Å². The van der Waals surface area contributed by atoms with E-state index in [4.69, 9.17) is 5.11 Å². The number of hydrogen-bond acceptors (Lipinski definition) is 8. The van der Waals surface area contributed by atoms with Gasteiger partial charge in [0.05, 0.1) is 19.8 Å². The lowest BCUT2D eigenvalue weighted by atomic mass is 10.2. The molecule has 3 rings (SSSR count). The number of anilines is 1. The van der Waals surface area contributed by atoms with Crippen LogP contribution in [0.2, 0.25) is 0 Å². The van der Waals surface area contributed by atoms with E-state index in [-0.39, 0.29) is 42.2 Å². The van der Waals surface area contributed by atoms with Crippen LogP contribution < -0.4 is 32.9 Å². The highest BCUT2D eigenvalue weighted by Gasteiger charge is 2.22. The Bertz CT molecular complexity index is 1190. The van der Waals surface area contributed by atoms with Crippen molar-refractivity contribution in [2.75, 3.05) is 33.6 Å². The Labute approximate surface area is 258 Å². The molecule has 3 aromatic rings. The van der Waals surface area contributed by atoms with E-state index in [9.17, 15) is 19.2 Å². The first kappa shape index (κ1) is 41.1. The molecular formula is C23H37ClI2N8O5. The normalized spacial score (nSPS) is 8.82. The van der Waals surface area contributed by atoms with Crippen molar-refractivity contribution in [3.63, 3.8) is 0 Å². The molecule has 0 aliphatic carbocycles. The van der Waals surface area contributed by atoms with Crippen LogP contribution in [0.25, 0.3) is 5.65 Å². The quantitative estimate of drug-likeness (QED) is 0.123. The molecule has 5 N–H and O–H groups in total. The van der Waals surface area contributed by atoms with E-state index >= 15 is 0 Å². The molecule has 0 bridgehead atoms. The van der Waals surface area contributed by atoms with E-state index in [1.54, 1.807) is 27.5 Å². The maximum atomic E-state index is 11.7. The number of aliphatic hydroxyl groups is 1. The van der Waals surface area contributed by atoms with Gasteiger partial charge < -0.3 is 38.4 Å². The lowest BCUT2D eigenvalue weighted by molar-refractivity contribution is -0.654. The van der Waals surface area contributed by atoms with Crippen molar-refractivity contribution in [1.82, 2.24) is 30.0 Å². The molecule has 16 heteroatoms. The summed E-state index contributed by atoms with van der Waals surface area (Å²) >= 11 is 4.24. The van der Waals surface area contributed by atoms with Gasteiger partial charge in [-0.2, -0.15) is 4.40 Å². The van der Waals surface area contributed by atoms with E-state index in [0.29, 0.717) is 17.2 Å². The molecule has 39 heavy (non-hydrogen) atoms. The van der Waals surface area contributed by atoms with Gasteiger partial charge in [-0.25, -0.2) is 14.5 Å². The predicted molar refractivity (Wildman–Crippen MR) is 163 cm³/mol. The minimum Gasteiger partial charge on any atom is -1.00 e. The number of imidazole rings is 2. The number of halogens is 3. The summed E-state index contributed by atoms with van der Waals surface area (Å²) in [5, 5.41) is 14.9. The molecule has 220 valence electrons. The Balaban J connectivity index is -0.000000494. The topological polar surface area (TPSA) is 174 Å². The largest absolute Gasteiger partial charge is 1.00 e. The summed E-state index contributed by atoms with van der Waals surface area (Å²) in [5.74, 6) is 0.0966. The number of aromatic nitrogens is 5. The summed E-state index contributed by atoms with van der Waals surface area (Å²) in [6, 6.07) is 2.06. The van der Waals surface area contributed by atoms with Crippen LogP contribution in [0, 0.1) is 13.8 Å². The number of hydrogen-bond donors (Lipinski definition) is 5. The van der Waals surface area contributed by atoms with Gasteiger partial charge in [-0.05, 0) is 27.7 Å². The number of nitrogens with one attached hydrogen (secondary N) is 4. The summed E-state index contributed by atoms with van der Waals surface area (Å²) in [6.45, 7) is 6.81. The molecule has 0 saturated heterocycles. The Morgan fingerprint density at radius 3 is 1.92 bits per heavy atom. The number of aliphatic hydroxyl groups excluding tert-OH is 1. The second-order valence-electron chi connectivity index (χ2n) is 7.39. The molecule has 0 spiro atoms.